The summed E-state index contributed by atoms with van der Waals surface area (Å²) < 4.78 is 4.82. The van der Waals surface area contributed by atoms with Crippen LogP contribution in [-0.4, -0.2) is 20.0 Å². The van der Waals surface area contributed by atoms with Gasteiger partial charge in [-0.2, -0.15) is 0 Å². The molecule has 3 aliphatic rings. The second-order valence-electron chi connectivity index (χ2n) is 7.21. The molecule has 5 atom stereocenters. The van der Waals surface area contributed by atoms with Crippen LogP contribution in [0.15, 0.2) is 0 Å². The summed E-state index contributed by atoms with van der Waals surface area (Å²) in [6.07, 6.45) is 2.24. The van der Waals surface area contributed by atoms with Crippen LogP contribution in [0.4, 0.5) is 0 Å². The first-order chi connectivity index (χ1) is 7.87. The molecule has 2 bridgehead atoms. The van der Waals surface area contributed by atoms with Crippen LogP contribution in [0.25, 0.3) is 0 Å². The van der Waals surface area contributed by atoms with Crippen LogP contribution < -0.4 is 0 Å². The minimum absolute atomic E-state index is 0.0783. The summed E-state index contributed by atoms with van der Waals surface area (Å²) in [5.41, 5.74) is 0. The number of hydrogen-bond acceptors (Lipinski definition) is 3. The Morgan fingerprint density at radius 2 is 1.76 bits per heavy atom. The van der Waals surface area contributed by atoms with E-state index in [9.17, 15) is 9.59 Å². The van der Waals surface area contributed by atoms with Crippen LogP contribution in [0.5, 0.6) is 0 Å². The highest BCUT2D eigenvalue weighted by molar-refractivity contribution is 6.76. The van der Waals surface area contributed by atoms with Gasteiger partial charge in [-0.1, -0.05) is 25.7 Å². The molecule has 0 aromatic carbocycles. The average molecular weight is 252 g/mol. The first-order valence-corrected chi connectivity index (χ1v) is 10.3. The van der Waals surface area contributed by atoms with E-state index in [1.165, 1.54) is 6.04 Å². The normalized spacial score (nSPS) is 44.1. The van der Waals surface area contributed by atoms with Crippen molar-refractivity contribution >= 4 is 20.0 Å². The predicted molar refractivity (Wildman–Crippen MR) is 65.9 cm³/mol. The third kappa shape index (κ3) is 1.68. The molecule has 3 fully saturated rings. The molecule has 1 saturated heterocycles. The summed E-state index contributed by atoms with van der Waals surface area (Å²) >= 11 is 0. The Hall–Kier alpha value is -0.643. The van der Waals surface area contributed by atoms with Crippen molar-refractivity contribution in [3.8, 4) is 0 Å². The molecular weight excluding hydrogens is 232 g/mol. The molecule has 3 nitrogen and oxygen atoms in total. The number of fused-ring (bicyclic) bond motifs is 5. The topological polar surface area (TPSA) is 43.4 Å². The fraction of sp³-hybridized carbons (Fsp3) is 0.846. The molecule has 3 rings (SSSR count). The van der Waals surface area contributed by atoms with Crippen LogP contribution in [-0.2, 0) is 14.3 Å². The van der Waals surface area contributed by atoms with Gasteiger partial charge in [-0.05, 0) is 30.6 Å². The van der Waals surface area contributed by atoms with E-state index < -0.39 is 8.07 Å². The van der Waals surface area contributed by atoms with Crippen LogP contribution in [0.1, 0.15) is 12.8 Å². The molecule has 0 aromatic rings. The van der Waals surface area contributed by atoms with Crippen molar-refractivity contribution in [2.24, 2.45) is 29.6 Å². The number of rotatable bonds is 2. The highest BCUT2D eigenvalue weighted by Gasteiger charge is 2.62. The van der Waals surface area contributed by atoms with Gasteiger partial charge in [0, 0.05) is 8.07 Å². The van der Waals surface area contributed by atoms with Gasteiger partial charge in [-0.15, -0.1) is 0 Å². The van der Waals surface area contributed by atoms with E-state index in [4.69, 9.17) is 4.74 Å². The smallest absolute Gasteiger partial charge is 0.317 e. The van der Waals surface area contributed by atoms with E-state index >= 15 is 0 Å². The Bertz CT molecular complexity index is 385. The van der Waals surface area contributed by atoms with E-state index in [1.807, 2.05) is 0 Å². The van der Waals surface area contributed by atoms with Crippen molar-refractivity contribution in [3.63, 3.8) is 0 Å². The molecule has 1 aliphatic heterocycles. The Balaban J connectivity index is 1.80. The van der Waals surface area contributed by atoms with Crippen LogP contribution in [0, 0.1) is 29.6 Å². The van der Waals surface area contributed by atoms with Gasteiger partial charge in [0.2, 0.25) is 0 Å². The zero-order valence-corrected chi connectivity index (χ0v) is 11.7. The first-order valence-electron chi connectivity index (χ1n) is 6.62. The molecule has 2 saturated carbocycles. The monoisotopic (exact) mass is 252 g/mol. The predicted octanol–water partition coefficient (Wildman–Crippen LogP) is 2.30. The zero-order chi connectivity index (χ0) is 12.4. The molecule has 94 valence electrons. The number of carbonyl (C=O) groups excluding carboxylic acids is 2. The van der Waals surface area contributed by atoms with Gasteiger partial charge in [-0.25, -0.2) is 0 Å². The molecule has 5 unspecified atom stereocenters. The van der Waals surface area contributed by atoms with Gasteiger partial charge in [0.1, 0.15) is 0 Å². The summed E-state index contributed by atoms with van der Waals surface area (Å²) in [5.74, 6) is 0.923. The quantitative estimate of drug-likeness (QED) is 0.430. The fourth-order valence-electron chi connectivity index (χ4n) is 4.41. The summed E-state index contributed by atoms with van der Waals surface area (Å²) in [6.45, 7) is 7.15. The van der Waals surface area contributed by atoms with Gasteiger partial charge >= 0.3 is 11.9 Å². The van der Waals surface area contributed by atoms with Gasteiger partial charge < -0.3 is 4.74 Å². The molecule has 0 N–H and O–H groups in total. The second-order valence-corrected chi connectivity index (χ2v) is 12.7. The van der Waals surface area contributed by atoms with Crippen molar-refractivity contribution in [1.29, 1.82) is 0 Å². The highest BCUT2D eigenvalue weighted by Crippen LogP contribution is 2.59. The molecule has 0 amide bonds. The SMILES string of the molecule is C[Si](C)(C)CC1CC2CC1C1C(=O)OC(=O)C21. The lowest BCUT2D eigenvalue weighted by Crippen LogP contribution is -2.34. The molecule has 2 aliphatic carbocycles. The van der Waals surface area contributed by atoms with E-state index in [1.54, 1.807) is 0 Å². The van der Waals surface area contributed by atoms with E-state index in [-0.39, 0.29) is 23.8 Å². The second kappa shape index (κ2) is 3.43. The summed E-state index contributed by atoms with van der Waals surface area (Å²) in [6, 6.07) is 1.29. The van der Waals surface area contributed by atoms with Crippen LogP contribution in [0.2, 0.25) is 25.7 Å². The minimum atomic E-state index is -1.08. The number of carbonyl (C=O) groups is 2. The minimum Gasteiger partial charge on any atom is -0.393 e. The largest absolute Gasteiger partial charge is 0.393 e. The molecule has 1 heterocycles. The maximum Gasteiger partial charge on any atom is 0.317 e. The lowest BCUT2D eigenvalue weighted by Gasteiger charge is -2.31. The average Bonchev–Trinajstić information content (AvgIpc) is 2.76. The maximum absolute atomic E-state index is 11.7. The summed E-state index contributed by atoms with van der Waals surface area (Å²) in [5, 5.41) is 0. The van der Waals surface area contributed by atoms with E-state index in [2.05, 4.69) is 19.6 Å². The van der Waals surface area contributed by atoms with Crippen LogP contribution >= 0.6 is 0 Å². The van der Waals surface area contributed by atoms with Crippen molar-refractivity contribution in [1.82, 2.24) is 0 Å². The Labute approximate surface area is 103 Å². The fourth-order valence-corrected chi connectivity index (χ4v) is 6.45. The Morgan fingerprint density at radius 1 is 1.12 bits per heavy atom. The number of cyclic esters (lactones) is 2. The third-order valence-electron chi connectivity index (χ3n) is 4.76. The molecule has 0 spiro atoms. The summed E-state index contributed by atoms with van der Waals surface area (Å²) in [7, 11) is -1.08. The molecule has 0 aromatic heterocycles. The van der Waals surface area contributed by atoms with Gasteiger partial charge in [0.05, 0.1) is 11.8 Å². The lowest BCUT2D eigenvalue weighted by atomic mass is 9.76. The Kier molecular flexibility index (Phi) is 2.31. The van der Waals surface area contributed by atoms with Crippen molar-refractivity contribution in [3.05, 3.63) is 0 Å². The van der Waals surface area contributed by atoms with Gasteiger partial charge in [-0.3, -0.25) is 9.59 Å². The van der Waals surface area contributed by atoms with Crippen molar-refractivity contribution < 1.29 is 14.3 Å². The number of hydrogen-bond donors (Lipinski definition) is 0. The van der Waals surface area contributed by atoms with Crippen molar-refractivity contribution in [2.45, 2.75) is 38.5 Å². The molecular formula is C13H20O3Si. The number of ether oxygens (including phenoxy) is 1. The Morgan fingerprint density at radius 3 is 2.41 bits per heavy atom. The van der Waals surface area contributed by atoms with E-state index in [0.29, 0.717) is 17.8 Å². The number of esters is 2. The van der Waals surface area contributed by atoms with Crippen molar-refractivity contribution in [2.75, 3.05) is 0 Å². The maximum atomic E-state index is 11.7. The third-order valence-corrected chi connectivity index (χ3v) is 6.51. The standard InChI is InChI=1S/C13H20O3Si/c1-17(2,3)6-8-4-7-5-9(8)11-10(7)12(14)16-13(11)15/h7-11H,4-6H2,1-3H3. The molecule has 17 heavy (non-hydrogen) atoms. The van der Waals surface area contributed by atoms with Crippen LogP contribution in [0.3, 0.4) is 0 Å². The lowest BCUT2D eigenvalue weighted by molar-refractivity contribution is -0.154. The first kappa shape index (κ1) is 11.4. The molecule has 4 heteroatoms. The van der Waals surface area contributed by atoms with Gasteiger partial charge in [0.15, 0.2) is 0 Å². The zero-order valence-electron chi connectivity index (χ0n) is 10.7. The van der Waals surface area contributed by atoms with Gasteiger partial charge in [0.25, 0.3) is 0 Å². The molecule has 0 radical (unpaired) electrons. The van der Waals surface area contributed by atoms with E-state index in [0.717, 1.165) is 12.8 Å². The highest BCUT2D eigenvalue weighted by atomic mass is 28.3. The summed E-state index contributed by atoms with van der Waals surface area (Å²) in [4.78, 5) is 23.3.